The molecule has 134 valence electrons. The second-order valence-electron chi connectivity index (χ2n) is 7.99. The van der Waals surface area contributed by atoms with Gasteiger partial charge in [-0.05, 0) is 56.9 Å². The summed E-state index contributed by atoms with van der Waals surface area (Å²) in [6, 6.07) is 14.7. The maximum absolute atomic E-state index is 6.16. The highest BCUT2D eigenvalue weighted by molar-refractivity contribution is 6.55. The van der Waals surface area contributed by atoms with Crippen LogP contribution in [0.4, 0.5) is 0 Å². The van der Waals surface area contributed by atoms with E-state index in [0.29, 0.717) is 6.54 Å². The van der Waals surface area contributed by atoms with Crippen molar-refractivity contribution in [1.82, 2.24) is 4.98 Å². The normalized spacial score (nSPS) is 19.6. The van der Waals surface area contributed by atoms with Crippen LogP contribution in [-0.2, 0) is 9.31 Å². The van der Waals surface area contributed by atoms with Crippen LogP contribution in [0.1, 0.15) is 33.3 Å². The first-order valence-corrected chi connectivity index (χ1v) is 9.07. The summed E-state index contributed by atoms with van der Waals surface area (Å²) < 4.78 is 12.3. The molecule has 0 aliphatic carbocycles. The SMILES string of the molecule is CC1(C)OB(C(=Cc2ccc3[nH]c4ccccc4c3c2)CN)OC1(C)C. The molecule has 1 aliphatic heterocycles. The Kier molecular flexibility index (Phi) is 3.99. The van der Waals surface area contributed by atoms with Crippen LogP contribution in [0.25, 0.3) is 27.9 Å². The van der Waals surface area contributed by atoms with Crippen LogP contribution in [0.2, 0.25) is 0 Å². The molecule has 0 unspecified atom stereocenters. The summed E-state index contributed by atoms with van der Waals surface area (Å²) in [4.78, 5) is 3.45. The minimum absolute atomic E-state index is 0.368. The van der Waals surface area contributed by atoms with Gasteiger partial charge in [0.1, 0.15) is 0 Å². The van der Waals surface area contributed by atoms with Gasteiger partial charge in [0.05, 0.1) is 11.2 Å². The zero-order chi connectivity index (χ0) is 18.5. The minimum Gasteiger partial charge on any atom is -0.400 e. The summed E-state index contributed by atoms with van der Waals surface area (Å²) >= 11 is 0. The lowest BCUT2D eigenvalue weighted by Gasteiger charge is -2.32. The molecular weight excluding hydrogens is 323 g/mol. The van der Waals surface area contributed by atoms with Crippen LogP contribution < -0.4 is 5.73 Å². The third kappa shape index (κ3) is 2.76. The van der Waals surface area contributed by atoms with Crippen molar-refractivity contribution in [3.63, 3.8) is 0 Å². The summed E-state index contributed by atoms with van der Waals surface area (Å²) in [6.45, 7) is 8.61. The monoisotopic (exact) mass is 348 g/mol. The zero-order valence-electron chi connectivity index (χ0n) is 15.8. The third-order valence-electron chi connectivity index (χ3n) is 5.67. The number of rotatable bonds is 3. The van der Waals surface area contributed by atoms with Crippen molar-refractivity contribution in [2.45, 2.75) is 38.9 Å². The van der Waals surface area contributed by atoms with E-state index in [1.54, 1.807) is 0 Å². The van der Waals surface area contributed by atoms with Crippen molar-refractivity contribution in [1.29, 1.82) is 0 Å². The van der Waals surface area contributed by atoms with E-state index in [4.69, 9.17) is 15.0 Å². The fourth-order valence-corrected chi connectivity index (χ4v) is 3.39. The van der Waals surface area contributed by atoms with E-state index in [1.807, 2.05) is 6.07 Å². The molecule has 1 saturated heterocycles. The molecule has 1 aromatic heterocycles. The molecule has 0 amide bonds. The molecule has 1 fully saturated rings. The van der Waals surface area contributed by atoms with Gasteiger partial charge in [0.15, 0.2) is 0 Å². The van der Waals surface area contributed by atoms with Gasteiger partial charge >= 0.3 is 7.12 Å². The summed E-state index contributed by atoms with van der Waals surface area (Å²) in [7, 11) is -0.413. The molecule has 0 saturated carbocycles. The second kappa shape index (κ2) is 5.98. The van der Waals surface area contributed by atoms with Gasteiger partial charge in [-0.2, -0.15) is 0 Å². The van der Waals surface area contributed by atoms with E-state index in [-0.39, 0.29) is 11.2 Å². The first-order chi connectivity index (χ1) is 12.3. The number of H-pyrrole nitrogens is 1. The highest BCUT2D eigenvalue weighted by Gasteiger charge is 2.52. The number of benzene rings is 2. The Morgan fingerprint density at radius 2 is 1.65 bits per heavy atom. The van der Waals surface area contributed by atoms with Crippen LogP contribution in [0.15, 0.2) is 47.9 Å². The van der Waals surface area contributed by atoms with E-state index in [0.717, 1.165) is 22.1 Å². The van der Waals surface area contributed by atoms with Crippen molar-refractivity contribution in [3.8, 4) is 0 Å². The number of para-hydroxylation sites is 1. The quantitative estimate of drug-likeness (QED) is 0.694. The fourth-order valence-electron chi connectivity index (χ4n) is 3.39. The third-order valence-corrected chi connectivity index (χ3v) is 5.67. The van der Waals surface area contributed by atoms with Crippen LogP contribution in [-0.4, -0.2) is 29.8 Å². The predicted octanol–water partition coefficient (Wildman–Crippen LogP) is 4.29. The van der Waals surface area contributed by atoms with Gasteiger partial charge in [0, 0.05) is 28.4 Å². The van der Waals surface area contributed by atoms with Crippen LogP contribution >= 0.6 is 0 Å². The lowest BCUT2D eigenvalue weighted by atomic mass is 9.77. The Bertz CT molecular complexity index is 988. The van der Waals surface area contributed by atoms with Crippen LogP contribution in [0.5, 0.6) is 0 Å². The molecule has 2 aromatic carbocycles. The highest BCUT2D eigenvalue weighted by Crippen LogP contribution is 2.38. The summed E-state index contributed by atoms with van der Waals surface area (Å²) in [5, 5.41) is 2.43. The van der Waals surface area contributed by atoms with Crippen molar-refractivity contribution >= 4 is 35.0 Å². The molecule has 0 radical (unpaired) electrons. The van der Waals surface area contributed by atoms with Crippen LogP contribution in [0.3, 0.4) is 0 Å². The van der Waals surface area contributed by atoms with Gasteiger partial charge in [0.2, 0.25) is 0 Å². The average Bonchev–Trinajstić information content (AvgIpc) is 3.06. The first kappa shape index (κ1) is 17.3. The Morgan fingerprint density at radius 3 is 2.35 bits per heavy atom. The Morgan fingerprint density at radius 1 is 1.00 bits per heavy atom. The minimum atomic E-state index is -0.413. The molecule has 1 aliphatic rings. The molecule has 2 heterocycles. The van der Waals surface area contributed by atoms with E-state index >= 15 is 0 Å². The predicted molar refractivity (Wildman–Crippen MR) is 109 cm³/mol. The van der Waals surface area contributed by atoms with E-state index in [1.165, 1.54) is 10.8 Å². The molecular formula is C21H25BN2O2. The Hall–Kier alpha value is -2.08. The van der Waals surface area contributed by atoms with Crippen molar-refractivity contribution in [2.24, 2.45) is 5.73 Å². The van der Waals surface area contributed by atoms with Gasteiger partial charge in [-0.3, -0.25) is 0 Å². The number of hydrogen-bond donors (Lipinski definition) is 2. The number of aromatic amines is 1. The summed E-state index contributed by atoms with van der Waals surface area (Å²) in [5.74, 6) is 0. The van der Waals surface area contributed by atoms with Gasteiger partial charge in [0.25, 0.3) is 0 Å². The number of aromatic nitrogens is 1. The van der Waals surface area contributed by atoms with Gasteiger partial charge in [-0.15, -0.1) is 0 Å². The zero-order valence-corrected chi connectivity index (χ0v) is 15.8. The Labute approximate surface area is 154 Å². The number of fused-ring (bicyclic) bond motifs is 3. The maximum Gasteiger partial charge on any atom is 0.491 e. The molecule has 3 aromatic rings. The molecule has 0 spiro atoms. The molecule has 0 atom stereocenters. The number of hydrogen-bond acceptors (Lipinski definition) is 3. The van der Waals surface area contributed by atoms with E-state index in [2.05, 4.69) is 75.2 Å². The maximum atomic E-state index is 6.16. The molecule has 0 bridgehead atoms. The Balaban J connectivity index is 1.73. The lowest BCUT2D eigenvalue weighted by molar-refractivity contribution is 0.00578. The standard InChI is InChI=1S/C21H25BN2O2/c1-20(2)21(3,4)26-22(25-20)15(13-23)11-14-9-10-19-17(12-14)16-7-5-6-8-18(16)24-19/h5-12,24H,13,23H2,1-4H3. The fraction of sp³-hybridized carbons (Fsp3) is 0.333. The summed E-state index contributed by atoms with van der Waals surface area (Å²) in [6.07, 6.45) is 2.09. The van der Waals surface area contributed by atoms with Gasteiger partial charge < -0.3 is 20.0 Å². The van der Waals surface area contributed by atoms with E-state index < -0.39 is 7.12 Å². The van der Waals surface area contributed by atoms with Crippen molar-refractivity contribution < 1.29 is 9.31 Å². The number of nitrogens with two attached hydrogens (primary N) is 1. The van der Waals surface area contributed by atoms with E-state index in [9.17, 15) is 0 Å². The smallest absolute Gasteiger partial charge is 0.400 e. The summed E-state index contributed by atoms with van der Waals surface area (Å²) in [5.41, 5.74) is 9.61. The van der Waals surface area contributed by atoms with Crippen molar-refractivity contribution in [3.05, 3.63) is 53.5 Å². The first-order valence-electron chi connectivity index (χ1n) is 9.07. The molecule has 5 heteroatoms. The van der Waals surface area contributed by atoms with Crippen molar-refractivity contribution in [2.75, 3.05) is 6.54 Å². The van der Waals surface area contributed by atoms with Crippen LogP contribution in [0, 0.1) is 0 Å². The van der Waals surface area contributed by atoms with Gasteiger partial charge in [-0.25, -0.2) is 0 Å². The highest BCUT2D eigenvalue weighted by atomic mass is 16.7. The lowest BCUT2D eigenvalue weighted by Crippen LogP contribution is -2.41. The molecule has 26 heavy (non-hydrogen) atoms. The molecule has 3 N–H and O–H groups in total. The largest absolute Gasteiger partial charge is 0.491 e. The second-order valence-corrected chi connectivity index (χ2v) is 7.99. The molecule has 4 nitrogen and oxygen atoms in total. The molecule has 4 rings (SSSR count). The number of nitrogens with one attached hydrogen (secondary N) is 1. The topological polar surface area (TPSA) is 60.3 Å². The average molecular weight is 348 g/mol. The van der Waals surface area contributed by atoms with Gasteiger partial charge in [-0.1, -0.05) is 30.3 Å².